The number of hydrogen-bond donors (Lipinski definition) is 0. The van der Waals surface area contributed by atoms with Crippen LogP contribution >= 0.6 is 11.8 Å². The van der Waals surface area contributed by atoms with E-state index in [2.05, 4.69) is 6.58 Å². The van der Waals surface area contributed by atoms with Gasteiger partial charge in [0.05, 0.1) is 12.2 Å². The van der Waals surface area contributed by atoms with Crippen molar-refractivity contribution in [2.75, 3.05) is 0 Å². The van der Waals surface area contributed by atoms with E-state index in [0.29, 0.717) is 19.3 Å². The van der Waals surface area contributed by atoms with E-state index in [1.807, 2.05) is 37.3 Å². The van der Waals surface area contributed by atoms with Gasteiger partial charge in [-0.15, -0.1) is 11.8 Å². The number of benzene rings is 1. The largest absolute Gasteiger partial charge is 0.462 e. The van der Waals surface area contributed by atoms with Gasteiger partial charge >= 0.3 is 5.97 Å². The van der Waals surface area contributed by atoms with Crippen LogP contribution in [0.4, 0.5) is 0 Å². The van der Waals surface area contributed by atoms with Crippen LogP contribution in [0, 0.1) is 0 Å². The molecule has 0 amide bonds. The van der Waals surface area contributed by atoms with Crippen LogP contribution < -0.4 is 0 Å². The molecule has 2 aliphatic rings. The van der Waals surface area contributed by atoms with Crippen molar-refractivity contribution in [2.45, 2.75) is 73.4 Å². The maximum Gasteiger partial charge on any atom is 0.323 e. The Morgan fingerprint density at radius 2 is 2.04 bits per heavy atom. The molecule has 2 aliphatic heterocycles. The van der Waals surface area contributed by atoms with Crippen molar-refractivity contribution in [3.63, 3.8) is 0 Å². The van der Waals surface area contributed by atoms with Crippen molar-refractivity contribution in [1.29, 1.82) is 0 Å². The fraction of sp³-hybridized carbons (Fsp3) is 0.524. The quantitative estimate of drug-likeness (QED) is 0.525. The van der Waals surface area contributed by atoms with Gasteiger partial charge in [-0.1, -0.05) is 24.8 Å². The number of thioether (sulfide) groups is 1. The Morgan fingerprint density at radius 1 is 1.31 bits per heavy atom. The number of esters is 1. The van der Waals surface area contributed by atoms with Crippen LogP contribution in [-0.2, 0) is 19.1 Å². The molecule has 0 radical (unpaired) electrons. The average molecular weight is 375 g/mol. The minimum absolute atomic E-state index is 0.0120. The van der Waals surface area contributed by atoms with Gasteiger partial charge in [-0.3, -0.25) is 9.59 Å². The summed E-state index contributed by atoms with van der Waals surface area (Å²) < 4.78 is 11.1. The number of cyclic esters (lactones) is 1. The van der Waals surface area contributed by atoms with E-state index in [1.165, 1.54) is 6.08 Å². The first-order valence-electron chi connectivity index (χ1n) is 9.26. The number of ether oxygens (including phenoxy) is 2. The Balaban J connectivity index is 1.72. The molecule has 2 saturated heterocycles. The highest BCUT2D eigenvalue weighted by molar-refractivity contribution is 8.01. The first kappa shape index (κ1) is 19.2. The average Bonchev–Trinajstić information content (AvgIpc) is 2.89. The Bertz CT molecular complexity index is 659. The maximum absolute atomic E-state index is 12.7. The highest BCUT2D eigenvalue weighted by Crippen LogP contribution is 2.47. The molecule has 26 heavy (non-hydrogen) atoms. The second-order valence-corrected chi connectivity index (χ2v) is 8.68. The zero-order valence-corrected chi connectivity index (χ0v) is 16.0. The van der Waals surface area contributed by atoms with Gasteiger partial charge in [-0.25, -0.2) is 0 Å². The van der Waals surface area contributed by atoms with Crippen LogP contribution in [0.1, 0.15) is 45.4 Å². The molecule has 0 aromatic heterocycles. The molecule has 0 saturated carbocycles. The smallest absolute Gasteiger partial charge is 0.323 e. The van der Waals surface area contributed by atoms with Crippen molar-refractivity contribution >= 4 is 23.5 Å². The van der Waals surface area contributed by atoms with Crippen LogP contribution in [0.25, 0.3) is 0 Å². The van der Waals surface area contributed by atoms with E-state index in [9.17, 15) is 9.59 Å². The zero-order chi connectivity index (χ0) is 18.6. The monoisotopic (exact) mass is 374 g/mol. The lowest BCUT2D eigenvalue weighted by molar-refractivity contribution is -0.144. The van der Waals surface area contributed by atoms with E-state index < -0.39 is 4.75 Å². The molecule has 0 spiro atoms. The lowest BCUT2D eigenvalue weighted by Crippen LogP contribution is -2.39. The number of rotatable bonds is 7. The summed E-state index contributed by atoms with van der Waals surface area (Å²) >= 11 is 1.59. The first-order valence-corrected chi connectivity index (χ1v) is 10.1. The van der Waals surface area contributed by atoms with Gasteiger partial charge in [0.2, 0.25) is 0 Å². The van der Waals surface area contributed by atoms with E-state index in [0.717, 1.165) is 24.2 Å². The van der Waals surface area contributed by atoms with Gasteiger partial charge in [0.15, 0.2) is 5.78 Å². The van der Waals surface area contributed by atoms with E-state index in [4.69, 9.17) is 9.47 Å². The summed E-state index contributed by atoms with van der Waals surface area (Å²) in [6.07, 6.45) is 5.66. The highest BCUT2D eigenvalue weighted by Gasteiger charge is 2.50. The van der Waals surface area contributed by atoms with Crippen LogP contribution in [-0.4, -0.2) is 34.8 Å². The molecule has 4 nitrogen and oxygen atoms in total. The number of carbonyl (C=O) groups excluding carboxylic acids is 2. The lowest BCUT2D eigenvalue weighted by atomic mass is 9.91. The number of allylic oxidation sites excluding steroid dienone is 1. The minimum atomic E-state index is -0.615. The van der Waals surface area contributed by atoms with Crippen LogP contribution in [0.5, 0.6) is 0 Å². The number of ketones is 1. The summed E-state index contributed by atoms with van der Waals surface area (Å²) in [4.78, 5) is 25.4. The second kappa shape index (κ2) is 8.40. The summed E-state index contributed by atoms with van der Waals surface area (Å²) in [5, 5.41) is 0. The number of hydrogen-bond acceptors (Lipinski definition) is 5. The van der Waals surface area contributed by atoms with Crippen molar-refractivity contribution in [3.05, 3.63) is 43.0 Å². The third-order valence-corrected chi connectivity index (χ3v) is 6.40. The molecule has 1 aromatic carbocycles. The predicted octanol–water partition coefficient (Wildman–Crippen LogP) is 4.33. The van der Waals surface area contributed by atoms with Gasteiger partial charge in [-0.2, -0.15) is 0 Å². The minimum Gasteiger partial charge on any atom is -0.462 e. The van der Waals surface area contributed by atoms with E-state index in [1.54, 1.807) is 11.8 Å². The Labute approximate surface area is 159 Å². The standard InChI is InChI=1S/C21H26O4S/c1-3-16(22)12-17-8-7-9-18(25-17)14-21(13-15(2)24-20(21)23)26-19-10-5-4-6-11-19/h3-6,10-11,15,17-18H,1,7-9,12-14H2,2H3/t15-,17-,18+,21-/m0/s1. The predicted molar refractivity (Wildman–Crippen MR) is 102 cm³/mol. The molecule has 5 heteroatoms. The molecule has 3 rings (SSSR count). The Hall–Kier alpha value is -1.59. The van der Waals surface area contributed by atoms with Gasteiger partial charge in [0.1, 0.15) is 10.9 Å². The third kappa shape index (κ3) is 4.57. The first-order chi connectivity index (χ1) is 12.5. The topological polar surface area (TPSA) is 52.6 Å². The second-order valence-electron chi connectivity index (χ2n) is 7.22. The number of carbonyl (C=O) groups is 2. The van der Waals surface area contributed by atoms with Crippen molar-refractivity contribution < 1.29 is 19.1 Å². The van der Waals surface area contributed by atoms with E-state index in [-0.39, 0.29) is 30.1 Å². The molecule has 0 unspecified atom stereocenters. The van der Waals surface area contributed by atoms with Crippen LogP contribution in [0.15, 0.2) is 47.9 Å². The summed E-state index contributed by atoms with van der Waals surface area (Å²) in [6.45, 7) is 5.48. The summed E-state index contributed by atoms with van der Waals surface area (Å²) in [7, 11) is 0. The highest BCUT2D eigenvalue weighted by atomic mass is 32.2. The summed E-state index contributed by atoms with van der Waals surface area (Å²) in [5.74, 6) is -0.135. The summed E-state index contributed by atoms with van der Waals surface area (Å²) in [5.41, 5.74) is 0. The third-order valence-electron chi connectivity index (χ3n) is 5.00. The fourth-order valence-electron chi connectivity index (χ4n) is 3.84. The lowest BCUT2D eigenvalue weighted by Gasteiger charge is -2.34. The van der Waals surface area contributed by atoms with Crippen LogP contribution in [0.2, 0.25) is 0 Å². The van der Waals surface area contributed by atoms with Crippen molar-refractivity contribution in [1.82, 2.24) is 0 Å². The Kier molecular flexibility index (Phi) is 6.20. The van der Waals surface area contributed by atoms with Crippen molar-refractivity contribution in [2.24, 2.45) is 0 Å². The van der Waals surface area contributed by atoms with Crippen LogP contribution in [0.3, 0.4) is 0 Å². The van der Waals surface area contributed by atoms with Gasteiger partial charge in [0.25, 0.3) is 0 Å². The SMILES string of the molecule is C=CC(=O)C[C@@H]1CCC[C@H](C[C@@]2(Sc3ccccc3)C[C@H](C)OC2=O)O1. The van der Waals surface area contributed by atoms with Gasteiger partial charge in [-0.05, 0) is 50.8 Å². The fourth-order valence-corrected chi connectivity index (χ4v) is 5.31. The molecular weight excluding hydrogens is 348 g/mol. The van der Waals surface area contributed by atoms with E-state index >= 15 is 0 Å². The normalized spacial score (nSPS) is 31.4. The molecular formula is C21H26O4S. The Morgan fingerprint density at radius 3 is 2.69 bits per heavy atom. The molecule has 140 valence electrons. The van der Waals surface area contributed by atoms with Gasteiger partial charge in [0, 0.05) is 17.7 Å². The molecule has 2 fully saturated rings. The zero-order valence-electron chi connectivity index (χ0n) is 15.2. The maximum atomic E-state index is 12.7. The molecule has 4 atom stereocenters. The van der Waals surface area contributed by atoms with Crippen molar-refractivity contribution in [3.8, 4) is 0 Å². The molecule has 0 N–H and O–H groups in total. The van der Waals surface area contributed by atoms with Gasteiger partial charge < -0.3 is 9.47 Å². The molecule has 1 aromatic rings. The molecule has 0 aliphatic carbocycles. The molecule has 2 heterocycles. The molecule has 0 bridgehead atoms. The summed E-state index contributed by atoms with van der Waals surface area (Å²) in [6, 6.07) is 9.98.